The molecule has 0 saturated carbocycles. The van der Waals surface area contributed by atoms with Crippen LogP contribution in [0.15, 0.2) is 60.0 Å². The van der Waals surface area contributed by atoms with Crippen LogP contribution >= 0.6 is 0 Å². The Balaban J connectivity index is 1.60. The van der Waals surface area contributed by atoms with Crippen LogP contribution < -0.4 is 10.5 Å². The molecule has 1 aliphatic heterocycles. The van der Waals surface area contributed by atoms with Gasteiger partial charge in [-0.05, 0) is 48.4 Å². The van der Waals surface area contributed by atoms with Crippen molar-refractivity contribution in [3.63, 3.8) is 0 Å². The maximum Gasteiger partial charge on any atom is 0.243 e. The second-order valence-electron chi connectivity index (χ2n) is 6.82. The summed E-state index contributed by atoms with van der Waals surface area (Å²) in [5.74, 6) is 0.994. The third kappa shape index (κ3) is 3.79. The van der Waals surface area contributed by atoms with Crippen LogP contribution in [-0.2, 0) is 10.0 Å². The maximum atomic E-state index is 13.0. The molecule has 150 valence electrons. The Bertz CT molecular complexity index is 1120. The molecule has 0 radical (unpaired) electrons. The number of nitrogen functional groups attached to an aromatic ring is 1. The van der Waals surface area contributed by atoms with E-state index in [0.717, 1.165) is 16.8 Å². The largest absolute Gasteiger partial charge is 0.497 e. The average molecular weight is 411 g/mol. The van der Waals surface area contributed by atoms with Crippen LogP contribution in [0, 0.1) is 0 Å². The smallest absolute Gasteiger partial charge is 0.243 e. The minimum Gasteiger partial charge on any atom is -0.497 e. The first-order valence-electron chi connectivity index (χ1n) is 9.15. The lowest BCUT2D eigenvalue weighted by Crippen LogP contribution is -2.28. The zero-order chi connectivity index (χ0) is 20.4. The molecule has 1 saturated heterocycles. The zero-order valence-corrected chi connectivity index (χ0v) is 16.7. The predicted molar refractivity (Wildman–Crippen MR) is 109 cm³/mol. The first-order valence-corrected chi connectivity index (χ1v) is 10.6. The molecule has 2 N–H and O–H groups in total. The summed E-state index contributed by atoms with van der Waals surface area (Å²) in [5.41, 5.74) is 8.34. The maximum absolute atomic E-state index is 13.0. The number of anilines is 1. The molecule has 9 heteroatoms. The molecule has 2 aromatic heterocycles. The van der Waals surface area contributed by atoms with E-state index in [1.807, 2.05) is 6.07 Å². The molecule has 4 rings (SSSR count). The van der Waals surface area contributed by atoms with Crippen molar-refractivity contribution in [1.29, 1.82) is 0 Å². The molecule has 3 aromatic rings. The average Bonchev–Trinajstić information content (AvgIpc) is 3.25. The molecule has 0 spiro atoms. The molecule has 29 heavy (non-hydrogen) atoms. The normalized spacial score (nSPS) is 17.3. The van der Waals surface area contributed by atoms with Crippen LogP contribution in [0.5, 0.6) is 5.75 Å². The number of nitrogens with two attached hydrogens (primary N) is 1. The Hall–Kier alpha value is -3.04. The van der Waals surface area contributed by atoms with Crippen LogP contribution in [0.2, 0.25) is 0 Å². The summed E-state index contributed by atoms with van der Waals surface area (Å²) in [7, 11) is -2.04. The van der Waals surface area contributed by atoms with Crippen LogP contribution in [0.3, 0.4) is 0 Å². The Morgan fingerprint density at radius 3 is 2.69 bits per heavy atom. The molecular weight excluding hydrogens is 390 g/mol. The number of methoxy groups -OCH3 is 1. The van der Waals surface area contributed by atoms with Gasteiger partial charge in [-0.15, -0.1) is 0 Å². The van der Waals surface area contributed by atoms with Gasteiger partial charge in [-0.3, -0.25) is 0 Å². The Labute approximate surface area is 169 Å². The van der Waals surface area contributed by atoms with Crippen molar-refractivity contribution >= 4 is 15.8 Å². The van der Waals surface area contributed by atoms with Crippen molar-refractivity contribution < 1.29 is 13.2 Å². The standard InChI is InChI=1S/C20H21N5O3S/c1-28-16-2-4-17(5-3-16)29(26,27)25-9-7-15(12-25)20-18(11-22-13-24-20)14-6-8-23-19(21)10-14/h2-6,8,10-11,13,15H,7,9,12H2,1H3,(H2,21,23)/t15-/m0/s1. The summed E-state index contributed by atoms with van der Waals surface area (Å²) in [6.07, 6.45) is 5.54. The van der Waals surface area contributed by atoms with E-state index in [-0.39, 0.29) is 10.8 Å². The number of hydrogen-bond acceptors (Lipinski definition) is 7. The van der Waals surface area contributed by atoms with Crippen LogP contribution in [0.4, 0.5) is 5.82 Å². The SMILES string of the molecule is COc1ccc(S(=O)(=O)N2CC[C@H](c3ncncc3-c3ccnc(N)c3)C2)cc1. The van der Waals surface area contributed by atoms with Crippen molar-refractivity contribution in [2.24, 2.45) is 0 Å². The summed E-state index contributed by atoms with van der Waals surface area (Å²) in [6, 6.07) is 10.0. The molecule has 0 unspecified atom stereocenters. The molecular formula is C20H21N5O3S. The third-order valence-electron chi connectivity index (χ3n) is 5.07. The van der Waals surface area contributed by atoms with Gasteiger partial charge in [-0.25, -0.2) is 23.4 Å². The van der Waals surface area contributed by atoms with Gasteiger partial charge in [0, 0.05) is 37.0 Å². The van der Waals surface area contributed by atoms with E-state index in [0.29, 0.717) is 31.1 Å². The monoisotopic (exact) mass is 411 g/mol. The molecule has 0 amide bonds. The number of benzene rings is 1. The van der Waals surface area contributed by atoms with Gasteiger partial charge in [0.05, 0.1) is 17.7 Å². The Morgan fingerprint density at radius 1 is 1.17 bits per heavy atom. The zero-order valence-electron chi connectivity index (χ0n) is 15.9. The molecule has 0 aliphatic carbocycles. The van der Waals surface area contributed by atoms with Crippen LogP contribution in [0.1, 0.15) is 18.0 Å². The number of pyridine rings is 1. The van der Waals surface area contributed by atoms with Crippen molar-refractivity contribution in [1.82, 2.24) is 19.3 Å². The Morgan fingerprint density at radius 2 is 1.97 bits per heavy atom. The third-order valence-corrected chi connectivity index (χ3v) is 6.95. The topological polar surface area (TPSA) is 111 Å². The highest BCUT2D eigenvalue weighted by Crippen LogP contribution is 2.35. The van der Waals surface area contributed by atoms with E-state index in [1.54, 1.807) is 49.8 Å². The summed E-state index contributed by atoms with van der Waals surface area (Å²) in [6.45, 7) is 0.792. The Kier molecular flexibility index (Phi) is 5.16. The van der Waals surface area contributed by atoms with E-state index < -0.39 is 10.0 Å². The second kappa shape index (κ2) is 7.76. The van der Waals surface area contributed by atoms with Gasteiger partial charge in [0.1, 0.15) is 17.9 Å². The number of hydrogen-bond donors (Lipinski definition) is 1. The summed E-state index contributed by atoms with van der Waals surface area (Å²) in [5, 5.41) is 0. The van der Waals surface area contributed by atoms with E-state index in [4.69, 9.17) is 10.5 Å². The van der Waals surface area contributed by atoms with E-state index in [9.17, 15) is 8.42 Å². The van der Waals surface area contributed by atoms with E-state index >= 15 is 0 Å². The lowest BCUT2D eigenvalue weighted by Gasteiger charge is -2.18. The second-order valence-corrected chi connectivity index (χ2v) is 8.75. The van der Waals surface area contributed by atoms with Gasteiger partial charge < -0.3 is 10.5 Å². The van der Waals surface area contributed by atoms with E-state index in [2.05, 4.69) is 15.0 Å². The fourth-order valence-electron chi connectivity index (χ4n) is 3.57. The van der Waals surface area contributed by atoms with Crippen LogP contribution in [-0.4, -0.2) is 47.9 Å². The van der Waals surface area contributed by atoms with Crippen molar-refractivity contribution in [3.8, 4) is 16.9 Å². The summed E-state index contributed by atoms with van der Waals surface area (Å²) in [4.78, 5) is 12.9. The number of sulfonamides is 1. The fourth-order valence-corrected chi connectivity index (χ4v) is 5.07. The first-order chi connectivity index (χ1) is 14.0. The molecule has 0 bridgehead atoms. The lowest BCUT2D eigenvalue weighted by atomic mass is 9.96. The van der Waals surface area contributed by atoms with Crippen molar-refractivity contribution in [3.05, 3.63) is 60.8 Å². The van der Waals surface area contributed by atoms with Crippen molar-refractivity contribution in [2.45, 2.75) is 17.2 Å². The fraction of sp³-hybridized carbons (Fsp3) is 0.250. The lowest BCUT2D eigenvalue weighted by molar-refractivity contribution is 0.414. The summed E-state index contributed by atoms with van der Waals surface area (Å²) < 4.78 is 32.7. The molecule has 1 aliphatic rings. The molecule has 8 nitrogen and oxygen atoms in total. The molecule has 1 atom stereocenters. The van der Waals surface area contributed by atoms with E-state index in [1.165, 1.54) is 10.6 Å². The van der Waals surface area contributed by atoms with Crippen molar-refractivity contribution in [2.75, 3.05) is 25.9 Å². The number of rotatable bonds is 5. The molecule has 1 aromatic carbocycles. The number of nitrogens with zero attached hydrogens (tertiary/aromatic N) is 4. The predicted octanol–water partition coefficient (Wildman–Crippen LogP) is 2.31. The highest BCUT2D eigenvalue weighted by Gasteiger charge is 2.35. The number of ether oxygens (including phenoxy) is 1. The highest BCUT2D eigenvalue weighted by atomic mass is 32.2. The summed E-state index contributed by atoms with van der Waals surface area (Å²) >= 11 is 0. The highest BCUT2D eigenvalue weighted by molar-refractivity contribution is 7.89. The molecule has 1 fully saturated rings. The first kappa shape index (κ1) is 19.3. The minimum atomic E-state index is -3.58. The van der Waals surface area contributed by atoms with Gasteiger partial charge in [0.2, 0.25) is 10.0 Å². The molecule has 3 heterocycles. The van der Waals surface area contributed by atoms with Crippen LogP contribution in [0.25, 0.3) is 11.1 Å². The quantitative estimate of drug-likeness (QED) is 0.686. The van der Waals surface area contributed by atoms with Gasteiger partial charge in [-0.2, -0.15) is 4.31 Å². The minimum absolute atomic E-state index is 0.0320. The number of aromatic nitrogens is 3. The van der Waals surface area contributed by atoms with Gasteiger partial charge in [-0.1, -0.05) is 0 Å². The van der Waals surface area contributed by atoms with Gasteiger partial charge in [0.25, 0.3) is 0 Å². The van der Waals surface area contributed by atoms with Gasteiger partial charge in [0.15, 0.2) is 0 Å². The van der Waals surface area contributed by atoms with Gasteiger partial charge >= 0.3 is 0 Å².